The molecule has 2 aromatic carbocycles. The fraction of sp³-hybridized carbons (Fsp3) is 0.286. The molecule has 1 aromatic heterocycles. The fourth-order valence-corrected chi connectivity index (χ4v) is 5.01. The Morgan fingerprint density at radius 1 is 1.24 bits per heavy atom. The molecule has 4 rings (SSSR count). The minimum absolute atomic E-state index is 0.101. The monoisotopic (exact) mass is 426 g/mol. The number of para-hydroxylation sites is 1. The van der Waals surface area contributed by atoms with Crippen LogP contribution in [0.5, 0.6) is 5.75 Å². The van der Waals surface area contributed by atoms with Crippen molar-refractivity contribution in [1.29, 1.82) is 0 Å². The summed E-state index contributed by atoms with van der Waals surface area (Å²) in [4.78, 5) is 14.7. The van der Waals surface area contributed by atoms with Crippen LogP contribution in [0.2, 0.25) is 0 Å². The molecular weight excluding hydrogens is 404 g/mol. The summed E-state index contributed by atoms with van der Waals surface area (Å²) >= 11 is 2.87. The Bertz CT molecular complexity index is 990. The summed E-state index contributed by atoms with van der Waals surface area (Å²) < 4.78 is 6.22. The van der Waals surface area contributed by atoms with Crippen LogP contribution in [0.15, 0.2) is 52.9 Å². The van der Waals surface area contributed by atoms with Crippen molar-refractivity contribution < 1.29 is 9.53 Å². The molecule has 6 nitrogen and oxygen atoms in total. The number of rotatable bonds is 7. The first-order chi connectivity index (χ1) is 14.1. The van der Waals surface area contributed by atoms with Crippen LogP contribution in [0.4, 0.5) is 16.5 Å². The molecule has 0 fully saturated rings. The number of nitrogens with one attached hydrogen (secondary N) is 1. The Labute approximate surface area is 178 Å². The zero-order valence-electron chi connectivity index (χ0n) is 16.3. The van der Waals surface area contributed by atoms with Gasteiger partial charge in [-0.15, -0.1) is 10.2 Å². The quantitative estimate of drug-likeness (QED) is 0.550. The minimum atomic E-state index is 0.101. The molecule has 3 aromatic rings. The zero-order valence-corrected chi connectivity index (χ0v) is 17.9. The van der Waals surface area contributed by atoms with E-state index in [0.717, 1.165) is 27.9 Å². The molecule has 1 aliphatic heterocycles. The number of ether oxygens (including phenoxy) is 1. The van der Waals surface area contributed by atoms with Crippen LogP contribution in [0, 0.1) is 0 Å². The summed E-state index contributed by atoms with van der Waals surface area (Å²) in [7, 11) is 0. The number of nitrogens with zero attached hydrogens (tertiary/aromatic N) is 3. The predicted octanol–water partition coefficient (Wildman–Crippen LogP) is 4.75. The smallest absolute Gasteiger partial charge is 0.237 e. The average molecular weight is 427 g/mol. The van der Waals surface area contributed by atoms with Crippen molar-refractivity contribution in [3.05, 3.63) is 54.1 Å². The van der Waals surface area contributed by atoms with Gasteiger partial charge in [0.1, 0.15) is 5.75 Å². The van der Waals surface area contributed by atoms with Crippen LogP contribution >= 0.6 is 23.1 Å². The number of benzene rings is 2. The van der Waals surface area contributed by atoms with Gasteiger partial charge in [-0.1, -0.05) is 41.3 Å². The van der Waals surface area contributed by atoms with Crippen LogP contribution in [0.25, 0.3) is 0 Å². The van der Waals surface area contributed by atoms with Crippen molar-refractivity contribution in [1.82, 2.24) is 10.2 Å². The van der Waals surface area contributed by atoms with Gasteiger partial charge in [0.2, 0.25) is 11.0 Å². The van der Waals surface area contributed by atoms with Gasteiger partial charge < -0.3 is 15.0 Å². The van der Waals surface area contributed by atoms with Crippen molar-refractivity contribution >= 4 is 45.5 Å². The number of amides is 1. The lowest BCUT2D eigenvalue weighted by molar-refractivity contribution is -0.116. The molecule has 8 heteroatoms. The van der Waals surface area contributed by atoms with Gasteiger partial charge in [0, 0.05) is 17.4 Å². The maximum Gasteiger partial charge on any atom is 0.237 e. The highest BCUT2D eigenvalue weighted by Gasteiger charge is 2.30. The van der Waals surface area contributed by atoms with E-state index >= 15 is 0 Å². The predicted molar refractivity (Wildman–Crippen MR) is 119 cm³/mol. The second-order valence-electron chi connectivity index (χ2n) is 6.69. The van der Waals surface area contributed by atoms with E-state index in [4.69, 9.17) is 4.74 Å². The molecule has 0 saturated carbocycles. The topological polar surface area (TPSA) is 67.3 Å². The second kappa shape index (κ2) is 8.84. The van der Waals surface area contributed by atoms with E-state index in [9.17, 15) is 4.79 Å². The molecule has 0 spiro atoms. The number of carbonyl (C=O) groups is 1. The molecule has 1 unspecified atom stereocenters. The molecule has 0 saturated heterocycles. The number of hydrogen-bond donors (Lipinski definition) is 1. The molecule has 1 N–H and O–H groups in total. The third-order valence-corrected chi connectivity index (χ3v) is 6.57. The Kier molecular flexibility index (Phi) is 6.01. The number of thioether (sulfide) groups is 1. The summed E-state index contributed by atoms with van der Waals surface area (Å²) in [5.41, 5.74) is 3.18. The van der Waals surface area contributed by atoms with Crippen molar-refractivity contribution in [2.75, 3.05) is 22.6 Å². The summed E-state index contributed by atoms with van der Waals surface area (Å²) in [5.74, 6) is 1.28. The van der Waals surface area contributed by atoms with Crippen LogP contribution in [0.3, 0.4) is 0 Å². The average Bonchev–Trinajstić information content (AvgIpc) is 3.31. The molecule has 0 radical (unpaired) electrons. The molecule has 1 amide bonds. The number of fused-ring (bicyclic) bond motifs is 1. The van der Waals surface area contributed by atoms with Crippen LogP contribution < -0.4 is 15.0 Å². The van der Waals surface area contributed by atoms with Gasteiger partial charge in [-0.3, -0.25) is 4.79 Å². The van der Waals surface area contributed by atoms with Crippen molar-refractivity contribution in [3.63, 3.8) is 0 Å². The second-order valence-corrected chi connectivity index (χ2v) is 8.89. The molecule has 0 aliphatic carbocycles. The van der Waals surface area contributed by atoms with Crippen LogP contribution in [-0.2, 0) is 11.2 Å². The van der Waals surface area contributed by atoms with E-state index in [1.54, 1.807) is 0 Å². The summed E-state index contributed by atoms with van der Waals surface area (Å²) in [6.45, 7) is 4.69. The highest BCUT2D eigenvalue weighted by atomic mass is 32.2. The highest BCUT2D eigenvalue weighted by Crippen LogP contribution is 2.34. The SMILES string of the molecule is CCOc1ccc(Nc2nnc(SCC(=O)N3c4ccccc4CC3C)s2)cc1. The van der Waals surface area contributed by atoms with Crippen LogP contribution in [-0.4, -0.2) is 34.5 Å². The van der Waals surface area contributed by atoms with Gasteiger partial charge >= 0.3 is 0 Å². The highest BCUT2D eigenvalue weighted by molar-refractivity contribution is 8.01. The lowest BCUT2D eigenvalue weighted by Gasteiger charge is -2.22. The Morgan fingerprint density at radius 2 is 2.03 bits per heavy atom. The van der Waals surface area contributed by atoms with E-state index in [1.165, 1.54) is 28.7 Å². The summed E-state index contributed by atoms with van der Waals surface area (Å²) in [5, 5.41) is 12.3. The lowest BCUT2D eigenvalue weighted by Crippen LogP contribution is -2.36. The first kappa shape index (κ1) is 19.7. The van der Waals surface area contributed by atoms with Gasteiger partial charge in [0.25, 0.3) is 0 Å². The molecular formula is C21H22N4O2S2. The van der Waals surface area contributed by atoms with Crippen molar-refractivity contribution in [2.45, 2.75) is 30.6 Å². The van der Waals surface area contributed by atoms with Crippen molar-refractivity contribution in [2.24, 2.45) is 0 Å². The Morgan fingerprint density at radius 3 is 2.83 bits per heavy atom. The third kappa shape index (κ3) is 4.54. The summed E-state index contributed by atoms with van der Waals surface area (Å²) in [6, 6.07) is 16.0. The van der Waals surface area contributed by atoms with E-state index < -0.39 is 0 Å². The fourth-order valence-electron chi connectivity index (χ4n) is 3.38. The van der Waals surface area contributed by atoms with Gasteiger partial charge in [0.05, 0.1) is 12.4 Å². The largest absolute Gasteiger partial charge is 0.494 e. The number of carbonyl (C=O) groups excluding carboxylic acids is 1. The number of aromatic nitrogens is 2. The van der Waals surface area contributed by atoms with E-state index in [-0.39, 0.29) is 11.9 Å². The van der Waals surface area contributed by atoms with Crippen LogP contribution in [0.1, 0.15) is 19.4 Å². The summed E-state index contributed by atoms with van der Waals surface area (Å²) in [6.07, 6.45) is 0.904. The number of hydrogen-bond acceptors (Lipinski definition) is 7. The van der Waals surface area contributed by atoms with E-state index in [0.29, 0.717) is 17.5 Å². The maximum atomic E-state index is 12.8. The first-order valence-corrected chi connectivity index (χ1v) is 11.3. The molecule has 29 heavy (non-hydrogen) atoms. The molecule has 1 aliphatic rings. The standard InChI is InChI=1S/C21H22N4O2S2/c1-3-27-17-10-8-16(9-11-17)22-20-23-24-21(29-20)28-13-19(26)25-14(2)12-15-6-4-5-7-18(15)25/h4-11,14H,3,12-13H2,1-2H3,(H,22,23). The minimum Gasteiger partial charge on any atom is -0.494 e. The maximum absolute atomic E-state index is 12.8. The molecule has 150 valence electrons. The molecule has 2 heterocycles. The zero-order chi connectivity index (χ0) is 20.2. The van der Waals surface area contributed by atoms with E-state index in [2.05, 4.69) is 28.5 Å². The van der Waals surface area contributed by atoms with E-state index in [1.807, 2.05) is 54.3 Å². The first-order valence-electron chi connectivity index (χ1n) is 9.50. The van der Waals surface area contributed by atoms with Gasteiger partial charge in [0.15, 0.2) is 4.34 Å². The van der Waals surface area contributed by atoms with Gasteiger partial charge in [-0.05, 0) is 56.2 Å². The molecule has 0 bridgehead atoms. The normalized spacial score (nSPS) is 15.2. The Hall–Kier alpha value is -2.58. The molecule has 1 atom stereocenters. The third-order valence-electron chi connectivity index (χ3n) is 4.62. The van der Waals surface area contributed by atoms with Gasteiger partial charge in [-0.2, -0.15) is 0 Å². The van der Waals surface area contributed by atoms with Gasteiger partial charge in [-0.25, -0.2) is 0 Å². The lowest BCUT2D eigenvalue weighted by atomic mass is 10.1. The number of anilines is 3. The Balaban J connectivity index is 1.34. The van der Waals surface area contributed by atoms with Crippen molar-refractivity contribution in [3.8, 4) is 5.75 Å².